The lowest BCUT2D eigenvalue weighted by molar-refractivity contribution is -0.0328. The summed E-state index contributed by atoms with van der Waals surface area (Å²) in [6, 6.07) is 5.20. The molecule has 1 aromatic rings. The number of rotatable bonds is 4. The molecule has 0 N–H and O–H groups in total. The van der Waals surface area contributed by atoms with E-state index in [9.17, 15) is 13.2 Å². The lowest BCUT2D eigenvalue weighted by Gasteiger charge is -2.11. The molecule has 0 aliphatic carbocycles. The van der Waals surface area contributed by atoms with Crippen LogP contribution in [0.15, 0.2) is 23.1 Å². The third kappa shape index (κ3) is 5.27. The molecule has 0 nitrogen and oxygen atoms in total. The molecule has 0 radical (unpaired) electrons. The summed E-state index contributed by atoms with van der Waals surface area (Å²) in [6.45, 7) is 0. The Bertz CT molecular complexity index is 354. The van der Waals surface area contributed by atoms with Crippen molar-refractivity contribution in [3.05, 3.63) is 27.3 Å². The molecule has 1 rings (SSSR count). The zero-order valence-electron chi connectivity index (χ0n) is 8.15. The highest BCUT2D eigenvalue weighted by atomic mass is 127. The Labute approximate surface area is 119 Å². The van der Waals surface area contributed by atoms with Crippen molar-refractivity contribution in [2.45, 2.75) is 23.2 Å². The van der Waals surface area contributed by atoms with E-state index in [4.69, 9.17) is 0 Å². The van der Waals surface area contributed by atoms with Gasteiger partial charge >= 0.3 is 5.51 Å². The number of thioether (sulfide) groups is 1. The van der Waals surface area contributed by atoms with Crippen LogP contribution in [-0.4, -0.2) is 10.8 Å². The van der Waals surface area contributed by atoms with Gasteiger partial charge in [-0.05, 0) is 64.9 Å². The minimum absolute atomic E-state index is 0.0281. The average molecular weight is 425 g/mol. The summed E-state index contributed by atoms with van der Waals surface area (Å²) in [7, 11) is 0. The van der Waals surface area contributed by atoms with Crippen molar-refractivity contribution in [3.8, 4) is 0 Å². The van der Waals surface area contributed by atoms with Crippen LogP contribution in [0.2, 0.25) is 0 Å². The normalized spacial score (nSPS) is 11.8. The van der Waals surface area contributed by atoms with E-state index >= 15 is 0 Å². The first-order valence-electron chi connectivity index (χ1n) is 4.52. The topological polar surface area (TPSA) is 0 Å². The SMILES string of the molecule is FC(F)(F)Sc1cc(I)ccc1CCCBr. The van der Waals surface area contributed by atoms with E-state index in [1.165, 1.54) is 0 Å². The maximum Gasteiger partial charge on any atom is 0.446 e. The lowest BCUT2D eigenvalue weighted by Crippen LogP contribution is -2.01. The van der Waals surface area contributed by atoms with Crippen LogP contribution in [-0.2, 0) is 6.42 Å². The summed E-state index contributed by atoms with van der Waals surface area (Å²) < 4.78 is 37.8. The molecule has 0 amide bonds. The van der Waals surface area contributed by atoms with Gasteiger partial charge in [0.1, 0.15) is 0 Å². The molecular weight excluding hydrogens is 416 g/mol. The van der Waals surface area contributed by atoms with E-state index < -0.39 is 5.51 Å². The molecule has 0 heterocycles. The zero-order valence-corrected chi connectivity index (χ0v) is 12.7. The van der Waals surface area contributed by atoms with Gasteiger partial charge in [0, 0.05) is 13.8 Å². The maximum atomic E-state index is 12.3. The number of alkyl halides is 4. The van der Waals surface area contributed by atoms with Crippen LogP contribution >= 0.6 is 50.3 Å². The van der Waals surface area contributed by atoms with Gasteiger partial charge in [-0.15, -0.1) is 0 Å². The molecule has 0 fully saturated rings. The van der Waals surface area contributed by atoms with Gasteiger partial charge in [0.15, 0.2) is 0 Å². The molecule has 16 heavy (non-hydrogen) atoms. The second-order valence-corrected chi connectivity index (χ2v) is 6.24. The van der Waals surface area contributed by atoms with Crippen LogP contribution in [0.25, 0.3) is 0 Å². The highest BCUT2D eigenvalue weighted by molar-refractivity contribution is 14.1. The maximum absolute atomic E-state index is 12.3. The van der Waals surface area contributed by atoms with E-state index in [2.05, 4.69) is 15.9 Å². The Morgan fingerprint density at radius 2 is 2.00 bits per heavy atom. The number of benzene rings is 1. The first-order valence-corrected chi connectivity index (χ1v) is 7.54. The Hall–Kier alpha value is 0.570. The van der Waals surface area contributed by atoms with Gasteiger partial charge in [0.25, 0.3) is 0 Å². The molecule has 0 atom stereocenters. The Kier molecular flexibility index (Phi) is 5.93. The van der Waals surface area contributed by atoms with Gasteiger partial charge in [0.05, 0.1) is 0 Å². The van der Waals surface area contributed by atoms with Crippen molar-refractivity contribution in [1.82, 2.24) is 0 Å². The molecule has 0 aromatic heterocycles. The van der Waals surface area contributed by atoms with Gasteiger partial charge in [-0.3, -0.25) is 0 Å². The van der Waals surface area contributed by atoms with E-state index in [0.717, 1.165) is 20.9 Å². The zero-order chi connectivity index (χ0) is 12.2. The van der Waals surface area contributed by atoms with Crippen molar-refractivity contribution in [2.24, 2.45) is 0 Å². The van der Waals surface area contributed by atoms with Crippen LogP contribution in [0.3, 0.4) is 0 Å². The average Bonchev–Trinajstić information content (AvgIpc) is 2.14. The third-order valence-electron chi connectivity index (χ3n) is 1.83. The lowest BCUT2D eigenvalue weighted by atomic mass is 10.1. The summed E-state index contributed by atoms with van der Waals surface area (Å²) >= 11 is 5.27. The number of hydrogen-bond acceptors (Lipinski definition) is 1. The fraction of sp³-hybridized carbons (Fsp3) is 0.400. The van der Waals surface area contributed by atoms with Gasteiger partial charge in [-0.25, -0.2) is 0 Å². The quantitative estimate of drug-likeness (QED) is 0.362. The highest BCUT2D eigenvalue weighted by Gasteiger charge is 2.30. The van der Waals surface area contributed by atoms with Gasteiger partial charge < -0.3 is 0 Å². The van der Waals surface area contributed by atoms with Crippen LogP contribution in [0, 0.1) is 3.57 Å². The minimum Gasteiger partial charge on any atom is -0.160 e. The molecule has 0 saturated heterocycles. The highest BCUT2D eigenvalue weighted by Crippen LogP contribution is 2.39. The van der Waals surface area contributed by atoms with E-state index in [1.54, 1.807) is 12.1 Å². The molecule has 0 aliphatic heterocycles. The summed E-state index contributed by atoms with van der Waals surface area (Å²) in [5, 5.41) is 0.801. The van der Waals surface area contributed by atoms with Crippen molar-refractivity contribution < 1.29 is 13.2 Å². The molecule has 0 saturated carbocycles. The van der Waals surface area contributed by atoms with Crippen molar-refractivity contribution >= 4 is 50.3 Å². The van der Waals surface area contributed by atoms with Crippen LogP contribution in [0.5, 0.6) is 0 Å². The second kappa shape index (κ2) is 6.49. The fourth-order valence-electron chi connectivity index (χ4n) is 1.21. The second-order valence-electron chi connectivity index (χ2n) is 3.09. The van der Waals surface area contributed by atoms with Crippen molar-refractivity contribution in [1.29, 1.82) is 0 Å². The molecule has 90 valence electrons. The molecule has 0 unspecified atom stereocenters. The molecule has 0 bridgehead atoms. The summed E-state index contributed by atoms with van der Waals surface area (Å²) in [4.78, 5) is 0.320. The van der Waals surface area contributed by atoms with E-state index in [1.807, 2.05) is 28.7 Å². The Morgan fingerprint density at radius 3 is 2.56 bits per heavy atom. The molecule has 1 aromatic carbocycles. The van der Waals surface area contributed by atoms with Crippen LogP contribution in [0.4, 0.5) is 13.2 Å². The predicted octanol–water partition coefficient (Wildman–Crippen LogP) is 5.23. The van der Waals surface area contributed by atoms with Gasteiger partial charge in [-0.1, -0.05) is 22.0 Å². The van der Waals surface area contributed by atoms with Crippen LogP contribution in [0.1, 0.15) is 12.0 Å². The number of aryl methyl sites for hydroxylation is 1. The number of halogens is 5. The van der Waals surface area contributed by atoms with Crippen molar-refractivity contribution in [3.63, 3.8) is 0 Å². The largest absolute Gasteiger partial charge is 0.446 e. The standard InChI is InChI=1S/C10H9BrF3IS/c11-5-1-2-7-3-4-8(15)6-9(7)16-10(12,13)14/h3-4,6H,1-2,5H2. The van der Waals surface area contributed by atoms with E-state index in [0.29, 0.717) is 11.3 Å². The van der Waals surface area contributed by atoms with E-state index in [-0.39, 0.29) is 11.8 Å². The third-order valence-corrected chi connectivity index (χ3v) is 3.90. The smallest absolute Gasteiger partial charge is 0.160 e. The summed E-state index contributed by atoms with van der Waals surface area (Å²) in [6.07, 6.45) is 1.51. The van der Waals surface area contributed by atoms with Gasteiger partial charge in [0.2, 0.25) is 0 Å². The Morgan fingerprint density at radius 1 is 1.31 bits per heavy atom. The van der Waals surface area contributed by atoms with Crippen LogP contribution < -0.4 is 0 Å². The molecule has 0 aliphatic rings. The minimum atomic E-state index is -4.21. The molecule has 0 spiro atoms. The molecule has 6 heteroatoms. The summed E-state index contributed by atoms with van der Waals surface area (Å²) in [5.41, 5.74) is -3.45. The monoisotopic (exact) mass is 424 g/mol. The van der Waals surface area contributed by atoms with Crippen molar-refractivity contribution in [2.75, 3.05) is 5.33 Å². The molecular formula is C10H9BrF3IS. The number of hydrogen-bond donors (Lipinski definition) is 0. The first-order chi connectivity index (χ1) is 7.42. The first kappa shape index (κ1) is 14.6. The summed E-state index contributed by atoms with van der Waals surface area (Å²) in [5.74, 6) is 0. The fourth-order valence-corrected chi connectivity index (χ4v) is 2.93. The van der Waals surface area contributed by atoms with Gasteiger partial charge in [-0.2, -0.15) is 13.2 Å². The predicted molar refractivity (Wildman–Crippen MR) is 73.2 cm³/mol. The Balaban J connectivity index is 2.89.